The minimum absolute atomic E-state index is 0.0508. The Morgan fingerprint density at radius 2 is 2.20 bits per heavy atom. The Morgan fingerprint density at radius 1 is 1.47 bits per heavy atom. The van der Waals surface area contributed by atoms with Gasteiger partial charge in [-0.2, -0.15) is 0 Å². The lowest BCUT2D eigenvalue weighted by Gasteiger charge is -2.05. The number of carbonyl (C=O) groups is 1. The first-order valence-corrected chi connectivity index (χ1v) is 6.06. The van der Waals surface area contributed by atoms with Crippen molar-refractivity contribution in [3.8, 4) is 0 Å². The highest BCUT2D eigenvalue weighted by Crippen LogP contribution is 2.27. The van der Waals surface area contributed by atoms with Gasteiger partial charge in [-0.1, -0.05) is 27.5 Å². The standard InChI is InChI=1S/C11H11BrClNO/c12-9-3-8(4-10(13)5-9)11(15)14-6-7-1-2-7/h3-5,7H,1-2,6H2,(H,14,15). The molecule has 0 spiro atoms. The zero-order chi connectivity index (χ0) is 10.8. The van der Waals surface area contributed by atoms with Crippen LogP contribution in [-0.4, -0.2) is 12.5 Å². The van der Waals surface area contributed by atoms with Crippen LogP contribution in [0.3, 0.4) is 0 Å². The van der Waals surface area contributed by atoms with Crippen LogP contribution in [0.4, 0.5) is 0 Å². The van der Waals surface area contributed by atoms with Crippen LogP contribution in [0.5, 0.6) is 0 Å². The fourth-order valence-electron chi connectivity index (χ4n) is 1.35. The van der Waals surface area contributed by atoms with Gasteiger partial charge in [0.25, 0.3) is 5.91 Å². The van der Waals surface area contributed by atoms with Gasteiger partial charge in [-0.3, -0.25) is 4.79 Å². The molecular formula is C11H11BrClNO. The van der Waals surface area contributed by atoms with Gasteiger partial charge in [0.05, 0.1) is 0 Å². The number of rotatable bonds is 3. The van der Waals surface area contributed by atoms with Gasteiger partial charge in [-0.05, 0) is 37.0 Å². The molecule has 0 bridgehead atoms. The van der Waals surface area contributed by atoms with Crippen LogP contribution in [0.1, 0.15) is 23.2 Å². The maximum Gasteiger partial charge on any atom is 0.251 e. The summed E-state index contributed by atoms with van der Waals surface area (Å²) < 4.78 is 0.826. The largest absolute Gasteiger partial charge is 0.352 e. The summed E-state index contributed by atoms with van der Waals surface area (Å²) in [4.78, 5) is 11.7. The van der Waals surface area contributed by atoms with E-state index in [1.165, 1.54) is 12.8 Å². The van der Waals surface area contributed by atoms with E-state index in [0.29, 0.717) is 16.5 Å². The van der Waals surface area contributed by atoms with Gasteiger partial charge in [0.2, 0.25) is 0 Å². The average Bonchev–Trinajstić information content (AvgIpc) is 2.96. The molecule has 1 fully saturated rings. The molecule has 80 valence electrons. The highest BCUT2D eigenvalue weighted by molar-refractivity contribution is 9.10. The topological polar surface area (TPSA) is 29.1 Å². The van der Waals surface area contributed by atoms with Crippen molar-refractivity contribution < 1.29 is 4.79 Å². The van der Waals surface area contributed by atoms with Crippen molar-refractivity contribution in [2.45, 2.75) is 12.8 Å². The normalized spacial score (nSPS) is 15.1. The summed E-state index contributed by atoms with van der Waals surface area (Å²) in [6.07, 6.45) is 2.47. The predicted molar refractivity (Wildman–Crippen MR) is 64.2 cm³/mol. The van der Waals surface area contributed by atoms with Gasteiger partial charge in [0.15, 0.2) is 0 Å². The van der Waals surface area contributed by atoms with Crippen molar-refractivity contribution in [1.29, 1.82) is 0 Å². The lowest BCUT2D eigenvalue weighted by molar-refractivity contribution is 0.0951. The molecule has 0 heterocycles. The van der Waals surface area contributed by atoms with E-state index in [0.717, 1.165) is 11.0 Å². The molecule has 1 aromatic carbocycles. The van der Waals surface area contributed by atoms with Crippen LogP contribution in [-0.2, 0) is 0 Å². The summed E-state index contributed by atoms with van der Waals surface area (Å²) in [5.41, 5.74) is 0.607. The molecule has 0 saturated heterocycles. The molecule has 1 aliphatic rings. The number of halogens is 2. The minimum Gasteiger partial charge on any atom is -0.352 e. The van der Waals surface area contributed by atoms with E-state index in [2.05, 4.69) is 21.2 Å². The molecule has 1 amide bonds. The molecule has 0 atom stereocenters. The molecule has 0 radical (unpaired) electrons. The van der Waals surface area contributed by atoms with E-state index in [1.807, 2.05) is 0 Å². The van der Waals surface area contributed by atoms with E-state index in [1.54, 1.807) is 18.2 Å². The first-order chi connectivity index (χ1) is 7.15. The van der Waals surface area contributed by atoms with Crippen molar-refractivity contribution in [3.63, 3.8) is 0 Å². The summed E-state index contributed by atoms with van der Waals surface area (Å²) in [5.74, 6) is 0.640. The van der Waals surface area contributed by atoms with Gasteiger partial charge in [-0.25, -0.2) is 0 Å². The molecule has 1 N–H and O–H groups in total. The van der Waals surface area contributed by atoms with Crippen LogP contribution in [0.2, 0.25) is 5.02 Å². The Morgan fingerprint density at radius 3 is 2.80 bits per heavy atom. The third-order valence-electron chi connectivity index (χ3n) is 2.37. The van der Waals surface area contributed by atoms with Gasteiger partial charge in [0.1, 0.15) is 0 Å². The molecule has 0 aliphatic heterocycles. The molecular weight excluding hydrogens is 277 g/mol. The second-order valence-corrected chi connectivity index (χ2v) is 5.16. The summed E-state index contributed by atoms with van der Waals surface area (Å²) in [6, 6.07) is 5.21. The minimum atomic E-state index is -0.0508. The summed E-state index contributed by atoms with van der Waals surface area (Å²) >= 11 is 9.17. The fourth-order valence-corrected chi connectivity index (χ4v) is 2.21. The monoisotopic (exact) mass is 287 g/mol. The number of nitrogens with one attached hydrogen (secondary N) is 1. The number of benzene rings is 1. The molecule has 1 aliphatic carbocycles. The lowest BCUT2D eigenvalue weighted by Crippen LogP contribution is -2.25. The summed E-state index contributed by atoms with van der Waals surface area (Å²) in [7, 11) is 0. The van der Waals surface area contributed by atoms with Crippen LogP contribution < -0.4 is 5.32 Å². The Bertz CT molecular complexity index is 370. The second kappa shape index (κ2) is 4.54. The smallest absolute Gasteiger partial charge is 0.251 e. The van der Waals surface area contributed by atoms with Crippen LogP contribution >= 0.6 is 27.5 Å². The highest BCUT2D eigenvalue weighted by atomic mass is 79.9. The SMILES string of the molecule is O=C(NCC1CC1)c1cc(Cl)cc(Br)c1. The molecule has 1 aromatic rings. The Balaban J connectivity index is 2.02. The van der Waals surface area contributed by atoms with Crippen molar-refractivity contribution >= 4 is 33.4 Å². The van der Waals surface area contributed by atoms with Gasteiger partial charge in [-0.15, -0.1) is 0 Å². The molecule has 0 unspecified atom stereocenters. The van der Waals surface area contributed by atoms with Crippen LogP contribution in [0.25, 0.3) is 0 Å². The van der Waals surface area contributed by atoms with Crippen molar-refractivity contribution in [1.82, 2.24) is 5.32 Å². The number of amides is 1. The van der Waals surface area contributed by atoms with E-state index < -0.39 is 0 Å². The number of carbonyl (C=O) groups excluding carboxylic acids is 1. The maximum atomic E-state index is 11.7. The first-order valence-electron chi connectivity index (χ1n) is 4.89. The first kappa shape index (κ1) is 11.0. The Hall–Kier alpha value is -0.540. The third kappa shape index (κ3) is 3.21. The molecule has 0 aromatic heterocycles. The maximum absolute atomic E-state index is 11.7. The van der Waals surface area contributed by atoms with Crippen molar-refractivity contribution in [2.75, 3.05) is 6.54 Å². The highest BCUT2D eigenvalue weighted by Gasteiger charge is 2.21. The molecule has 15 heavy (non-hydrogen) atoms. The third-order valence-corrected chi connectivity index (χ3v) is 3.05. The summed E-state index contributed by atoms with van der Waals surface area (Å²) in [5, 5.41) is 3.47. The van der Waals surface area contributed by atoms with E-state index in [9.17, 15) is 4.79 Å². The van der Waals surface area contributed by atoms with E-state index >= 15 is 0 Å². The zero-order valence-electron chi connectivity index (χ0n) is 8.09. The summed E-state index contributed by atoms with van der Waals surface area (Å²) in [6.45, 7) is 0.781. The zero-order valence-corrected chi connectivity index (χ0v) is 10.4. The fraction of sp³-hybridized carbons (Fsp3) is 0.364. The van der Waals surface area contributed by atoms with E-state index in [-0.39, 0.29) is 5.91 Å². The molecule has 4 heteroatoms. The van der Waals surface area contributed by atoms with E-state index in [4.69, 9.17) is 11.6 Å². The number of hydrogen-bond acceptors (Lipinski definition) is 1. The van der Waals surface area contributed by atoms with Crippen LogP contribution in [0.15, 0.2) is 22.7 Å². The van der Waals surface area contributed by atoms with Crippen molar-refractivity contribution in [2.24, 2.45) is 5.92 Å². The van der Waals surface area contributed by atoms with Gasteiger partial charge < -0.3 is 5.32 Å². The van der Waals surface area contributed by atoms with Crippen LogP contribution in [0, 0.1) is 5.92 Å². The van der Waals surface area contributed by atoms with Crippen molar-refractivity contribution in [3.05, 3.63) is 33.3 Å². The lowest BCUT2D eigenvalue weighted by atomic mass is 10.2. The molecule has 1 saturated carbocycles. The predicted octanol–water partition coefficient (Wildman–Crippen LogP) is 3.24. The Kier molecular flexibility index (Phi) is 3.32. The molecule has 2 nitrogen and oxygen atoms in total. The quantitative estimate of drug-likeness (QED) is 0.909. The number of hydrogen-bond donors (Lipinski definition) is 1. The Labute approximate surface area is 102 Å². The van der Waals surface area contributed by atoms with Gasteiger partial charge >= 0.3 is 0 Å². The molecule has 2 rings (SSSR count). The second-order valence-electron chi connectivity index (χ2n) is 3.81. The average molecular weight is 289 g/mol. The van der Waals surface area contributed by atoms with Gasteiger partial charge in [0, 0.05) is 21.6 Å².